The topological polar surface area (TPSA) is 135 Å². The molecule has 3 aromatic rings. The van der Waals surface area contributed by atoms with E-state index in [-0.39, 0.29) is 49.5 Å². The van der Waals surface area contributed by atoms with Crippen molar-refractivity contribution in [2.24, 2.45) is 7.05 Å². The van der Waals surface area contributed by atoms with E-state index in [1.807, 2.05) is 12.1 Å². The summed E-state index contributed by atoms with van der Waals surface area (Å²) >= 11 is 0. The molecule has 4 rings (SSSR count). The average molecular weight is 450 g/mol. The molecule has 0 spiro atoms. The van der Waals surface area contributed by atoms with Crippen LogP contribution in [-0.4, -0.2) is 50.9 Å². The maximum Gasteiger partial charge on any atom is 0.329 e. The quantitative estimate of drug-likeness (QED) is 0.459. The Balaban J connectivity index is 1.32. The summed E-state index contributed by atoms with van der Waals surface area (Å²) in [6.45, 7) is -0.192. The second kappa shape index (κ2) is 8.99. The van der Waals surface area contributed by atoms with Gasteiger partial charge >= 0.3 is 11.7 Å². The Morgan fingerprint density at radius 3 is 2.12 bits per heavy atom. The summed E-state index contributed by atoms with van der Waals surface area (Å²) in [5.74, 6) is -1.08. The SMILES string of the molecule is Cn1c(=O)n(CC(=O)Nc2ccc(NC(=O)CCN3C(=O)CNC3=O)cc2)c2ccccc21. The minimum Gasteiger partial charge on any atom is -0.329 e. The van der Waals surface area contributed by atoms with Crippen LogP contribution in [0.3, 0.4) is 0 Å². The second-order valence-corrected chi connectivity index (χ2v) is 7.54. The fourth-order valence-corrected chi connectivity index (χ4v) is 3.62. The predicted octanol–water partition coefficient (Wildman–Crippen LogP) is 0.859. The number of rotatable bonds is 7. The minimum absolute atomic E-state index is 0.00181. The molecule has 2 aromatic carbocycles. The van der Waals surface area contributed by atoms with Crippen LogP contribution in [0, 0.1) is 0 Å². The van der Waals surface area contributed by atoms with Gasteiger partial charge in [0.05, 0.1) is 17.6 Å². The number of urea groups is 1. The van der Waals surface area contributed by atoms with Gasteiger partial charge in [-0.25, -0.2) is 9.59 Å². The highest BCUT2D eigenvalue weighted by atomic mass is 16.2. The molecule has 0 aliphatic carbocycles. The van der Waals surface area contributed by atoms with E-state index in [2.05, 4.69) is 16.0 Å². The lowest BCUT2D eigenvalue weighted by Crippen LogP contribution is -2.33. The first kappa shape index (κ1) is 21.8. The highest BCUT2D eigenvalue weighted by molar-refractivity contribution is 6.02. The first-order chi connectivity index (χ1) is 15.8. The molecule has 33 heavy (non-hydrogen) atoms. The Labute approximate surface area is 188 Å². The van der Waals surface area contributed by atoms with Gasteiger partial charge in [0, 0.05) is 31.4 Å². The number of fused-ring (bicyclic) bond motifs is 1. The van der Waals surface area contributed by atoms with E-state index < -0.39 is 6.03 Å². The van der Waals surface area contributed by atoms with Gasteiger partial charge in [-0.3, -0.25) is 28.4 Å². The van der Waals surface area contributed by atoms with Crippen LogP contribution in [0.5, 0.6) is 0 Å². The Morgan fingerprint density at radius 2 is 1.52 bits per heavy atom. The largest absolute Gasteiger partial charge is 0.329 e. The fourth-order valence-electron chi connectivity index (χ4n) is 3.62. The van der Waals surface area contributed by atoms with E-state index in [1.165, 1.54) is 9.13 Å². The molecular weight excluding hydrogens is 428 g/mol. The highest BCUT2D eigenvalue weighted by Crippen LogP contribution is 2.15. The molecule has 0 saturated carbocycles. The monoisotopic (exact) mass is 450 g/mol. The summed E-state index contributed by atoms with van der Waals surface area (Å²) in [5.41, 5.74) is 2.14. The van der Waals surface area contributed by atoms with E-state index >= 15 is 0 Å². The van der Waals surface area contributed by atoms with Gasteiger partial charge in [-0.2, -0.15) is 0 Å². The van der Waals surface area contributed by atoms with Crippen LogP contribution in [-0.2, 0) is 28.0 Å². The number of para-hydroxylation sites is 2. The van der Waals surface area contributed by atoms with Crippen LogP contribution in [0.25, 0.3) is 11.0 Å². The number of amides is 5. The molecule has 0 radical (unpaired) electrons. The number of hydrogen-bond acceptors (Lipinski definition) is 5. The third-order valence-electron chi connectivity index (χ3n) is 5.31. The predicted molar refractivity (Wildman–Crippen MR) is 121 cm³/mol. The van der Waals surface area contributed by atoms with Gasteiger partial charge in [-0.1, -0.05) is 12.1 Å². The highest BCUT2D eigenvalue weighted by Gasteiger charge is 2.28. The zero-order chi connectivity index (χ0) is 23.5. The maximum atomic E-state index is 12.5. The van der Waals surface area contributed by atoms with Crippen LogP contribution in [0.15, 0.2) is 53.3 Å². The smallest absolute Gasteiger partial charge is 0.329 e. The number of hydrogen-bond donors (Lipinski definition) is 3. The Hall–Kier alpha value is -4.41. The second-order valence-electron chi connectivity index (χ2n) is 7.54. The number of nitrogens with zero attached hydrogens (tertiary/aromatic N) is 3. The van der Waals surface area contributed by atoms with E-state index in [9.17, 15) is 24.0 Å². The summed E-state index contributed by atoms with van der Waals surface area (Å²) < 4.78 is 2.90. The number of aromatic nitrogens is 2. The molecule has 5 amide bonds. The normalized spacial score (nSPS) is 13.3. The zero-order valence-corrected chi connectivity index (χ0v) is 17.8. The number of carbonyl (C=O) groups is 4. The van der Waals surface area contributed by atoms with Gasteiger partial charge in [0.2, 0.25) is 17.7 Å². The summed E-state index contributed by atoms with van der Waals surface area (Å²) in [6, 6.07) is 13.2. The molecule has 1 saturated heterocycles. The third kappa shape index (κ3) is 4.61. The summed E-state index contributed by atoms with van der Waals surface area (Å²) in [6.07, 6.45) is -0.0303. The van der Waals surface area contributed by atoms with Crippen LogP contribution < -0.4 is 21.6 Å². The van der Waals surface area contributed by atoms with Crippen molar-refractivity contribution in [2.45, 2.75) is 13.0 Å². The lowest BCUT2D eigenvalue weighted by atomic mass is 10.2. The van der Waals surface area contributed by atoms with Crippen molar-refractivity contribution in [3.8, 4) is 0 Å². The number of anilines is 2. The molecule has 1 fully saturated rings. The molecule has 3 N–H and O–H groups in total. The number of benzene rings is 2. The van der Waals surface area contributed by atoms with E-state index in [4.69, 9.17) is 0 Å². The first-order valence-corrected chi connectivity index (χ1v) is 10.3. The van der Waals surface area contributed by atoms with E-state index in [1.54, 1.807) is 43.4 Å². The van der Waals surface area contributed by atoms with Crippen molar-refractivity contribution >= 4 is 46.2 Å². The van der Waals surface area contributed by atoms with Gasteiger partial charge < -0.3 is 16.0 Å². The molecule has 11 nitrogen and oxygen atoms in total. The Kier molecular flexibility index (Phi) is 5.94. The van der Waals surface area contributed by atoms with Crippen molar-refractivity contribution in [1.29, 1.82) is 0 Å². The maximum absolute atomic E-state index is 12.5. The number of imide groups is 1. The average Bonchev–Trinajstić information content (AvgIpc) is 3.24. The standard InChI is InChI=1S/C22H22N6O5/c1-26-16-4-2-3-5-17(16)28(22(26)33)13-19(30)25-15-8-6-14(7-9-15)24-18(29)10-11-27-20(31)12-23-21(27)32/h2-9H,10-13H2,1H3,(H,23,32)(H,24,29)(H,25,30). The van der Waals surface area contributed by atoms with Gasteiger partial charge in [-0.15, -0.1) is 0 Å². The molecular formula is C22H22N6O5. The zero-order valence-electron chi connectivity index (χ0n) is 17.8. The summed E-state index contributed by atoms with van der Waals surface area (Å²) in [7, 11) is 1.66. The molecule has 1 aromatic heterocycles. The molecule has 0 unspecified atom stereocenters. The minimum atomic E-state index is -0.501. The van der Waals surface area contributed by atoms with E-state index in [0.29, 0.717) is 16.9 Å². The molecule has 1 aliphatic heterocycles. The van der Waals surface area contributed by atoms with Gasteiger partial charge in [0.15, 0.2) is 0 Å². The van der Waals surface area contributed by atoms with Crippen molar-refractivity contribution in [3.63, 3.8) is 0 Å². The van der Waals surface area contributed by atoms with Crippen LogP contribution >= 0.6 is 0 Å². The first-order valence-electron chi connectivity index (χ1n) is 10.3. The van der Waals surface area contributed by atoms with E-state index in [0.717, 1.165) is 10.4 Å². The van der Waals surface area contributed by atoms with Crippen molar-refractivity contribution < 1.29 is 19.2 Å². The van der Waals surface area contributed by atoms with Gasteiger partial charge in [-0.05, 0) is 36.4 Å². The van der Waals surface area contributed by atoms with Crippen molar-refractivity contribution in [2.75, 3.05) is 23.7 Å². The number of imidazole rings is 1. The van der Waals surface area contributed by atoms with Crippen molar-refractivity contribution in [1.82, 2.24) is 19.4 Å². The molecule has 0 bridgehead atoms. The number of carbonyl (C=O) groups excluding carboxylic acids is 4. The van der Waals surface area contributed by atoms with Gasteiger partial charge in [0.25, 0.3) is 0 Å². The molecule has 0 atom stereocenters. The van der Waals surface area contributed by atoms with Crippen LogP contribution in [0.4, 0.5) is 16.2 Å². The number of nitrogens with one attached hydrogen (secondary N) is 3. The van der Waals surface area contributed by atoms with Gasteiger partial charge in [0.1, 0.15) is 6.54 Å². The molecule has 11 heteroatoms. The molecule has 2 heterocycles. The Morgan fingerprint density at radius 1 is 0.909 bits per heavy atom. The van der Waals surface area contributed by atoms with Crippen LogP contribution in [0.2, 0.25) is 0 Å². The Bertz CT molecular complexity index is 1290. The van der Waals surface area contributed by atoms with Crippen molar-refractivity contribution in [3.05, 3.63) is 59.0 Å². The summed E-state index contributed by atoms with van der Waals surface area (Å²) in [4.78, 5) is 61.1. The fraction of sp³-hybridized carbons (Fsp3) is 0.227. The lowest BCUT2D eigenvalue weighted by Gasteiger charge is -2.12. The number of aryl methyl sites for hydroxylation is 1. The van der Waals surface area contributed by atoms with Crippen LogP contribution in [0.1, 0.15) is 6.42 Å². The molecule has 1 aliphatic rings. The lowest BCUT2D eigenvalue weighted by molar-refractivity contribution is -0.125. The summed E-state index contributed by atoms with van der Waals surface area (Å²) in [5, 5.41) is 7.81. The molecule has 170 valence electrons. The third-order valence-corrected chi connectivity index (χ3v) is 5.31.